The third-order valence-corrected chi connectivity index (χ3v) is 3.67. The molecule has 0 aliphatic carbocycles. The van der Waals surface area contributed by atoms with E-state index in [-0.39, 0.29) is 6.04 Å². The van der Waals surface area contributed by atoms with E-state index in [4.69, 9.17) is 21.1 Å². The Morgan fingerprint density at radius 3 is 2.65 bits per heavy atom. The van der Waals surface area contributed by atoms with E-state index in [1.165, 1.54) is 11.1 Å². The van der Waals surface area contributed by atoms with Crippen molar-refractivity contribution in [2.45, 2.75) is 19.5 Å². The van der Waals surface area contributed by atoms with Crippen molar-refractivity contribution in [2.75, 3.05) is 6.79 Å². The lowest BCUT2D eigenvalue weighted by atomic mass is 10.1. The van der Waals surface area contributed by atoms with Crippen LogP contribution in [0.25, 0.3) is 0 Å². The van der Waals surface area contributed by atoms with Gasteiger partial charge in [0.1, 0.15) is 0 Å². The van der Waals surface area contributed by atoms with Crippen LogP contribution in [0.2, 0.25) is 5.02 Å². The van der Waals surface area contributed by atoms with Gasteiger partial charge in [-0.3, -0.25) is 0 Å². The smallest absolute Gasteiger partial charge is 0.231 e. The van der Waals surface area contributed by atoms with Gasteiger partial charge in [0.2, 0.25) is 6.79 Å². The van der Waals surface area contributed by atoms with Gasteiger partial charge in [0.15, 0.2) is 11.5 Å². The molecule has 0 aromatic heterocycles. The van der Waals surface area contributed by atoms with Gasteiger partial charge in [-0.15, -0.1) is 0 Å². The lowest BCUT2D eigenvalue weighted by molar-refractivity contribution is 0.174. The average molecular weight is 290 g/mol. The highest BCUT2D eigenvalue weighted by Crippen LogP contribution is 2.34. The number of hydrogen-bond donors (Lipinski definition) is 1. The van der Waals surface area contributed by atoms with Gasteiger partial charge < -0.3 is 14.8 Å². The molecule has 0 amide bonds. The molecule has 3 rings (SSSR count). The van der Waals surface area contributed by atoms with Gasteiger partial charge in [0.25, 0.3) is 0 Å². The Labute approximate surface area is 123 Å². The van der Waals surface area contributed by atoms with E-state index in [0.29, 0.717) is 6.79 Å². The summed E-state index contributed by atoms with van der Waals surface area (Å²) < 4.78 is 10.7. The minimum absolute atomic E-state index is 0.236. The maximum Gasteiger partial charge on any atom is 0.231 e. The van der Waals surface area contributed by atoms with Crippen LogP contribution in [-0.4, -0.2) is 6.79 Å². The third kappa shape index (κ3) is 2.89. The Kier molecular flexibility index (Phi) is 3.81. The predicted molar refractivity (Wildman–Crippen MR) is 79.3 cm³/mol. The van der Waals surface area contributed by atoms with E-state index >= 15 is 0 Å². The van der Waals surface area contributed by atoms with Crippen molar-refractivity contribution in [3.05, 3.63) is 58.6 Å². The number of ether oxygens (including phenoxy) is 2. The van der Waals surface area contributed by atoms with Gasteiger partial charge in [0, 0.05) is 17.6 Å². The molecule has 0 bridgehead atoms. The number of halogens is 1. The highest BCUT2D eigenvalue weighted by atomic mass is 35.5. The molecule has 0 saturated carbocycles. The zero-order valence-electron chi connectivity index (χ0n) is 11.2. The van der Waals surface area contributed by atoms with Crippen molar-refractivity contribution in [3.8, 4) is 11.5 Å². The number of hydrogen-bond acceptors (Lipinski definition) is 3. The van der Waals surface area contributed by atoms with E-state index in [9.17, 15) is 0 Å². The molecule has 1 aliphatic rings. The summed E-state index contributed by atoms with van der Waals surface area (Å²) in [5.41, 5.74) is 2.39. The van der Waals surface area contributed by atoms with Crippen LogP contribution < -0.4 is 14.8 Å². The van der Waals surface area contributed by atoms with Crippen molar-refractivity contribution in [2.24, 2.45) is 0 Å². The summed E-state index contributed by atoms with van der Waals surface area (Å²) in [7, 11) is 0. The van der Waals surface area contributed by atoms with Gasteiger partial charge >= 0.3 is 0 Å². The average Bonchev–Trinajstić information content (AvgIpc) is 2.93. The first-order valence-corrected chi connectivity index (χ1v) is 6.97. The molecule has 1 atom stereocenters. The number of benzene rings is 2. The first-order valence-electron chi connectivity index (χ1n) is 6.60. The highest BCUT2D eigenvalue weighted by Gasteiger charge is 2.15. The van der Waals surface area contributed by atoms with Crippen LogP contribution in [0.1, 0.15) is 24.1 Å². The first-order chi connectivity index (χ1) is 9.72. The van der Waals surface area contributed by atoms with Crippen molar-refractivity contribution >= 4 is 11.6 Å². The van der Waals surface area contributed by atoms with E-state index < -0.39 is 0 Å². The van der Waals surface area contributed by atoms with Gasteiger partial charge in [-0.1, -0.05) is 29.8 Å². The second-order valence-corrected chi connectivity index (χ2v) is 5.28. The van der Waals surface area contributed by atoms with Gasteiger partial charge in [-0.05, 0) is 42.3 Å². The van der Waals surface area contributed by atoms with Crippen LogP contribution >= 0.6 is 11.6 Å². The minimum atomic E-state index is 0.236. The highest BCUT2D eigenvalue weighted by molar-refractivity contribution is 6.30. The Morgan fingerprint density at radius 2 is 1.85 bits per heavy atom. The molecule has 0 spiro atoms. The maximum atomic E-state index is 5.88. The van der Waals surface area contributed by atoms with Crippen molar-refractivity contribution < 1.29 is 9.47 Å². The monoisotopic (exact) mass is 289 g/mol. The Balaban J connectivity index is 1.64. The fraction of sp³-hybridized carbons (Fsp3) is 0.250. The van der Waals surface area contributed by atoms with Crippen LogP contribution in [0.4, 0.5) is 0 Å². The molecule has 4 heteroatoms. The van der Waals surface area contributed by atoms with Crippen molar-refractivity contribution in [3.63, 3.8) is 0 Å². The molecule has 3 nitrogen and oxygen atoms in total. The van der Waals surface area contributed by atoms with Gasteiger partial charge in [-0.25, -0.2) is 0 Å². The molecular formula is C16H16ClNO2. The summed E-state index contributed by atoms with van der Waals surface area (Å²) in [5, 5.41) is 4.25. The molecular weight excluding hydrogens is 274 g/mol. The molecule has 1 unspecified atom stereocenters. The summed E-state index contributed by atoms with van der Waals surface area (Å²) in [6.45, 7) is 3.24. The molecule has 20 heavy (non-hydrogen) atoms. The van der Waals surface area contributed by atoms with Crippen LogP contribution in [0.15, 0.2) is 42.5 Å². The van der Waals surface area contributed by atoms with Crippen LogP contribution in [-0.2, 0) is 6.54 Å². The molecule has 1 heterocycles. The Bertz CT molecular complexity index is 598. The predicted octanol–water partition coefficient (Wildman–Crippen LogP) is 3.92. The topological polar surface area (TPSA) is 30.5 Å². The number of fused-ring (bicyclic) bond motifs is 1. The lowest BCUT2D eigenvalue weighted by Crippen LogP contribution is -2.17. The molecule has 2 aromatic carbocycles. The standard InChI is InChI=1S/C16H16ClNO2/c1-11(18-9-12-2-5-14(17)6-3-12)13-4-7-15-16(8-13)20-10-19-15/h2-8,11,18H,9-10H2,1H3. The molecule has 0 radical (unpaired) electrons. The number of nitrogens with one attached hydrogen (secondary N) is 1. The zero-order chi connectivity index (χ0) is 13.9. The molecule has 104 valence electrons. The quantitative estimate of drug-likeness (QED) is 0.925. The normalized spacial score (nSPS) is 14.3. The fourth-order valence-corrected chi connectivity index (χ4v) is 2.30. The van der Waals surface area contributed by atoms with E-state index in [1.807, 2.05) is 36.4 Å². The van der Waals surface area contributed by atoms with E-state index in [0.717, 1.165) is 23.1 Å². The lowest BCUT2D eigenvalue weighted by Gasteiger charge is -2.15. The van der Waals surface area contributed by atoms with Crippen LogP contribution in [0.3, 0.4) is 0 Å². The number of rotatable bonds is 4. The SMILES string of the molecule is CC(NCc1ccc(Cl)cc1)c1ccc2c(c1)OCO2. The Hall–Kier alpha value is -1.71. The molecule has 0 fully saturated rings. The van der Waals surface area contributed by atoms with E-state index in [2.05, 4.69) is 18.3 Å². The van der Waals surface area contributed by atoms with Crippen LogP contribution in [0.5, 0.6) is 11.5 Å². The summed E-state index contributed by atoms with van der Waals surface area (Å²) in [4.78, 5) is 0. The second kappa shape index (κ2) is 5.73. The second-order valence-electron chi connectivity index (χ2n) is 4.84. The van der Waals surface area contributed by atoms with Gasteiger partial charge in [0.05, 0.1) is 0 Å². The van der Waals surface area contributed by atoms with E-state index in [1.54, 1.807) is 0 Å². The zero-order valence-corrected chi connectivity index (χ0v) is 12.0. The van der Waals surface area contributed by atoms with Gasteiger partial charge in [-0.2, -0.15) is 0 Å². The molecule has 2 aromatic rings. The first kappa shape index (κ1) is 13.3. The molecule has 1 N–H and O–H groups in total. The maximum absolute atomic E-state index is 5.88. The third-order valence-electron chi connectivity index (χ3n) is 3.42. The van der Waals surface area contributed by atoms with Crippen molar-refractivity contribution in [1.82, 2.24) is 5.32 Å². The summed E-state index contributed by atoms with van der Waals surface area (Å²) >= 11 is 5.88. The minimum Gasteiger partial charge on any atom is -0.454 e. The summed E-state index contributed by atoms with van der Waals surface area (Å²) in [6.07, 6.45) is 0. The summed E-state index contributed by atoms with van der Waals surface area (Å²) in [6, 6.07) is 14.2. The summed E-state index contributed by atoms with van der Waals surface area (Å²) in [5.74, 6) is 1.64. The largest absolute Gasteiger partial charge is 0.454 e. The molecule has 0 saturated heterocycles. The van der Waals surface area contributed by atoms with Crippen LogP contribution in [0, 0.1) is 0 Å². The molecule has 1 aliphatic heterocycles. The fourth-order valence-electron chi connectivity index (χ4n) is 2.17. The Morgan fingerprint density at radius 1 is 1.10 bits per heavy atom. The van der Waals surface area contributed by atoms with Crippen molar-refractivity contribution in [1.29, 1.82) is 0 Å².